The second-order valence-electron chi connectivity index (χ2n) is 8.40. The number of nitrogens with zero attached hydrogens (tertiary/aromatic N) is 1. The summed E-state index contributed by atoms with van der Waals surface area (Å²) in [6, 6.07) is 20.1. The molecule has 0 spiro atoms. The molecule has 8 nitrogen and oxygen atoms in total. The van der Waals surface area contributed by atoms with E-state index >= 15 is 0 Å². The second-order valence-corrected chi connectivity index (χ2v) is 10.3. The molecule has 0 saturated heterocycles. The minimum atomic E-state index is -0.762. The molecule has 194 valence electrons. The molecule has 0 saturated carbocycles. The maximum Gasteiger partial charge on any atom is 0.254 e. The third kappa shape index (κ3) is 6.13. The predicted octanol–water partition coefficient (Wildman–Crippen LogP) is 6.07. The van der Waals surface area contributed by atoms with Gasteiger partial charge in [0.1, 0.15) is 17.3 Å². The molecule has 10 heteroatoms. The van der Waals surface area contributed by atoms with Gasteiger partial charge in [-0.1, -0.05) is 39.8 Å². The first-order valence-corrected chi connectivity index (χ1v) is 13.4. The van der Waals surface area contributed by atoms with Crippen LogP contribution in [0.15, 0.2) is 91.4 Å². The van der Waals surface area contributed by atoms with Gasteiger partial charge in [-0.3, -0.25) is 9.59 Å². The number of halogens is 1. The first-order chi connectivity index (χ1) is 18.3. The zero-order chi connectivity index (χ0) is 27.2. The van der Waals surface area contributed by atoms with E-state index in [4.69, 9.17) is 9.15 Å². The molecule has 0 bridgehead atoms. The molecule has 1 aliphatic rings. The van der Waals surface area contributed by atoms with Gasteiger partial charge in [0.2, 0.25) is 5.91 Å². The zero-order valence-electron chi connectivity index (χ0n) is 20.9. The van der Waals surface area contributed by atoms with E-state index in [1.807, 2.05) is 18.2 Å². The second kappa shape index (κ2) is 12.1. The Labute approximate surface area is 233 Å². The molecule has 2 amide bonds. The Morgan fingerprint density at radius 3 is 2.50 bits per heavy atom. The number of ether oxygens (including phenoxy) is 1. The van der Waals surface area contributed by atoms with Crippen LogP contribution < -0.4 is 20.7 Å². The maximum absolute atomic E-state index is 13.6. The largest absolute Gasteiger partial charge is 0.495 e. The molecule has 1 atom stereocenters. The van der Waals surface area contributed by atoms with Crippen LogP contribution in [-0.4, -0.2) is 24.7 Å². The molecular weight excluding hydrogens is 568 g/mol. The average Bonchev–Trinajstić information content (AvgIpc) is 3.34. The number of carbonyl (C=O) groups excluding carboxylic acids is 2. The van der Waals surface area contributed by atoms with Crippen molar-refractivity contribution in [2.45, 2.75) is 19.8 Å². The number of anilines is 2. The fourth-order valence-electron chi connectivity index (χ4n) is 4.03. The number of methoxy groups -OCH3 is 1. The summed E-state index contributed by atoms with van der Waals surface area (Å²) >= 11 is 4.56. The Kier molecular flexibility index (Phi) is 8.61. The third-order valence-corrected chi connectivity index (χ3v) is 7.31. The van der Waals surface area contributed by atoms with Gasteiger partial charge in [0.05, 0.1) is 46.7 Å². The molecule has 3 aromatic rings. The van der Waals surface area contributed by atoms with Crippen molar-refractivity contribution in [2.75, 3.05) is 23.5 Å². The maximum atomic E-state index is 13.6. The number of para-hydroxylation sites is 2. The Hall–Kier alpha value is -3.94. The van der Waals surface area contributed by atoms with Gasteiger partial charge in [0, 0.05) is 15.9 Å². The number of dihydropyridines is 1. The van der Waals surface area contributed by atoms with Crippen molar-refractivity contribution < 1.29 is 18.7 Å². The molecule has 1 aromatic heterocycles. The van der Waals surface area contributed by atoms with Crippen LogP contribution in [0.4, 0.5) is 11.4 Å². The standard InChI is InChI=1S/C28H25BrN4O4S/c1-16-8-13-23(37-16)26-20(14-30)28(38-15-24(34)32-19-11-9-18(29)10-12-19)31-17(2)25(26)27(35)33-21-6-4-5-7-22(21)36-3/h4-13,26,31H,15H2,1-3H3,(H,32,34)(H,33,35)/t26-/m0/s1. The summed E-state index contributed by atoms with van der Waals surface area (Å²) in [5.41, 5.74) is 2.34. The Bertz CT molecular complexity index is 1470. The van der Waals surface area contributed by atoms with Crippen molar-refractivity contribution in [1.29, 1.82) is 5.26 Å². The van der Waals surface area contributed by atoms with Crippen LogP contribution in [0.5, 0.6) is 5.75 Å². The molecule has 38 heavy (non-hydrogen) atoms. The first-order valence-electron chi connectivity index (χ1n) is 11.6. The monoisotopic (exact) mass is 592 g/mol. The lowest BCUT2D eigenvalue weighted by atomic mass is 9.85. The highest BCUT2D eigenvalue weighted by Gasteiger charge is 2.37. The van der Waals surface area contributed by atoms with Crippen LogP contribution in [-0.2, 0) is 9.59 Å². The third-order valence-electron chi connectivity index (χ3n) is 5.77. The zero-order valence-corrected chi connectivity index (χ0v) is 23.3. The summed E-state index contributed by atoms with van der Waals surface area (Å²) in [4.78, 5) is 26.2. The number of benzene rings is 2. The quantitative estimate of drug-likeness (QED) is 0.291. The number of allylic oxidation sites excluding steroid dienone is 2. The highest BCUT2D eigenvalue weighted by molar-refractivity contribution is 9.10. The average molecular weight is 594 g/mol. The van der Waals surface area contributed by atoms with Gasteiger partial charge >= 0.3 is 0 Å². The van der Waals surface area contributed by atoms with Gasteiger partial charge < -0.3 is 25.1 Å². The van der Waals surface area contributed by atoms with E-state index < -0.39 is 11.8 Å². The molecule has 3 N–H and O–H groups in total. The van der Waals surface area contributed by atoms with E-state index in [0.717, 1.165) is 4.47 Å². The SMILES string of the molecule is COc1ccccc1NC(=O)C1=C(C)NC(SCC(=O)Nc2ccc(Br)cc2)=C(C#N)[C@H]1c1ccc(C)o1. The highest BCUT2D eigenvalue weighted by Crippen LogP contribution is 2.42. The van der Waals surface area contributed by atoms with Crippen LogP contribution in [0, 0.1) is 18.3 Å². The number of rotatable bonds is 8. The molecular formula is C28H25BrN4O4S. The fraction of sp³-hybridized carbons (Fsp3) is 0.179. The predicted molar refractivity (Wildman–Crippen MR) is 152 cm³/mol. The van der Waals surface area contributed by atoms with Crippen LogP contribution >= 0.6 is 27.7 Å². The van der Waals surface area contributed by atoms with Gasteiger partial charge in [-0.2, -0.15) is 5.26 Å². The number of aryl methyl sites for hydroxylation is 1. The van der Waals surface area contributed by atoms with Gasteiger partial charge in [-0.05, 0) is 62.4 Å². The lowest BCUT2D eigenvalue weighted by Gasteiger charge is -2.28. The number of nitriles is 1. The molecule has 0 fully saturated rings. The molecule has 0 aliphatic carbocycles. The first kappa shape index (κ1) is 27.1. The van der Waals surface area contributed by atoms with Crippen molar-refractivity contribution >= 4 is 50.9 Å². The van der Waals surface area contributed by atoms with E-state index in [1.165, 1.54) is 18.9 Å². The topological polar surface area (TPSA) is 116 Å². The molecule has 0 radical (unpaired) electrons. The minimum Gasteiger partial charge on any atom is -0.495 e. The highest BCUT2D eigenvalue weighted by atomic mass is 79.9. The van der Waals surface area contributed by atoms with Gasteiger partial charge in [-0.15, -0.1) is 0 Å². The fourth-order valence-corrected chi connectivity index (χ4v) is 5.18. The van der Waals surface area contributed by atoms with Crippen molar-refractivity contribution in [3.05, 3.63) is 98.5 Å². The van der Waals surface area contributed by atoms with E-state index in [9.17, 15) is 14.9 Å². The molecule has 2 aromatic carbocycles. The summed E-state index contributed by atoms with van der Waals surface area (Å²) in [6.07, 6.45) is 0. The van der Waals surface area contributed by atoms with E-state index in [-0.39, 0.29) is 17.2 Å². The summed E-state index contributed by atoms with van der Waals surface area (Å²) in [5, 5.41) is 19.6. The van der Waals surface area contributed by atoms with Gasteiger partial charge in [0.15, 0.2) is 0 Å². The molecule has 4 rings (SSSR count). The number of nitrogens with one attached hydrogen (secondary N) is 3. The van der Waals surface area contributed by atoms with Crippen molar-refractivity contribution in [2.24, 2.45) is 0 Å². The van der Waals surface area contributed by atoms with Crippen LogP contribution in [0.3, 0.4) is 0 Å². The smallest absolute Gasteiger partial charge is 0.254 e. The summed E-state index contributed by atoms with van der Waals surface area (Å²) in [5.74, 6) is 0.297. The number of carbonyl (C=O) groups is 2. The normalized spacial score (nSPS) is 15.0. The Morgan fingerprint density at radius 1 is 1.11 bits per heavy atom. The van der Waals surface area contributed by atoms with E-state index in [1.54, 1.807) is 56.3 Å². The molecule has 2 heterocycles. The molecule has 0 unspecified atom stereocenters. The van der Waals surface area contributed by atoms with E-state index in [0.29, 0.717) is 44.9 Å². The molecule has 1 aliphatic heterocycles. The summed E-state index contributed by atoms with van der Waals surface area (Å²) in [7, 11) is 1.53. The lowest BCUT2D eigenvalue weighted by molar-refractivity contribution is -0.114. The van der Waals surface area contributed by atoms with Gasteiger partial charge in [0.25, 0.3) is 5.91 Å². The minimum absolute atomic E-state index is 0.0590. The van der Waals surface area contributed by atoms with Crippen molar-refractivity contribution in [3.8, 4) is 11.8 Å². The van der Waals surface area contributed by atoms with Crippen LogP contribution in [0.1, 0.15) is 24.4 Å². The lowest BCUT2D eigenvalue weighted by Crippen LogP contribution is -2.31. The number of amides is 2. The Morgan fingerprint density at radius 2 is 1.84 bits per heavy atom. The van der Waals surface area contributed by atoms with Crippen molar-refractivity contribution in [1.82, 2.24) is 5.32 Å². The number of thioether (sulfide) groups is 1. The van der Waals surface area contributed by atoms with Gasteiger partial charge in [-0.25, -0.2) is 0 Å². The number of furan rings is 1. The summed E-state index contributed by atoms with van der Waals surface area (Å²) < 4.78 is 12.2. The van der Waals surface area contributed by atoms with Crippen LogP contribution in [0.25, 0.3) is 0 Å². The number of hydrogen-bond acceptors (Lipinski definition) is 7. The Balaban J connectivity index is 1.61. The van der Waals surface area contributed by atoms with E-state index in [2.05, 4.69) is 37.9 Å². The number of hydrogen-bond donors (Lipinski definition) is 3. The van der Waals surface area contributed by atoms with Crippen LogP contribution in [0.2, 0.25) is 0 Å². The van der Waals surface area contributed by atoms with Crippen molar-refractivity contribution in [3.63, 3.8) is 0 Å². The summed E-state index contributed by atoms with van der Waals surface area (Å²) in [6.45, 7) is 3.56.